The number of hydrogen-bond acceptors (Lipinski definition) is 3. The Morgan fingerprint density at radius 2 is 1.81 bits per heavy atom. The molecule has 6 nitrogen and oxygen atoms in total. The van der Waals surface area contributed by atoms with Gasteiger partial charge in [-0.25, -0.2) is 0 Å². The van der Waals surface area contributed by atoms with Crippen molar-refractivity contribution in [2.75, 3.05) is 26.2 Å². The van der Waals surface area contributed by atoms with Crippen molar-refractivity contribution in [1.82, 2.24) is 19.4 Å². The number of likely N-dealkylation sites (tertiary alicyclic amines) is 1. The normalized spacial score (nSPS) is 18.0. The van der Waals surface area contributed by atoms with Gasteiger partial charge in [0.15, 0.2) is 0 Å². The molecule has 3 heterocycles. The Morgan fingerprint density at radius 1 is 1.06 bits per heavy atom. The van der Waals surface area contributed by atoms with Gasteiger partial charge in [-0.15, -0.1) is 0 Å². The van der Waals surface area contributed by atoms with Gasteiger partial charge >= 0.3 is 0 Å². The van der Waals surface area contributed by atoms with Gasteiger partial charge in [-0.1, -0.05) is 37.5 Å². The molecule has 1 aromatic carbocycles. The molecular weight excluding hydrogens is 400 g/mol. The molecule has 1 aliphatic heterocycles. The van der Waals surface area contributed by atoms with E-state index in [2.05, 4.69) is 10.2 Å². The lowest BCUT2D eigenvalue weighted by atomic mass is 9.95. The minimum Gasteiger partial charge on any atom is -0.352 e. The van der Waals surface area contributed by atoms with Crippen LogP contribution < -0.4 is 10.9 Å². The molecule has 2 aliphatic rings. The van der Waals surface area contributed by atoms with Crippen molar-refractivity contribution in [3.05, 3.63) is 46.4 Å². The Bertz CT molecular complexity index is 1180. The Labute approximate surface area is 189 Å². The van der Waals surface area contributed by atoms with Crippen LogP contribution in [0.4, 0.5) is 0 Å². The molecule has 0 unspecified atom stereocenters. The van der Waals surface area contributed by atoms with Crippen molar-refractivity contribution in [2.45, 2.75) is 57.4 Å². The van der Waals surface area contributed by atoms with Gasteiger partial charge in [0.1, 0.15) is 5.52 Å². The summed E-state index contributed by atoms with van der Waals surface area (Å²) in [5, 5.41) is 4.91. The molecule has 0 atom stereocenters. The number of para-hydroxylation sites is 1. The van der Waals surface area contributed by atoms with Crippen molar-refractivity contribution in [3.63, 3.8) is 0 Å². The third-order valence-corrected chi connectivity index (χ3v) is 7.43. The van der Waals surface area contributed by atoms with Crippen LogP contribution in [-0.4, -0.2) is 46.1 Å². The number of carbonyl (C=O) groups excluding carboxylic acids is 1. The number of amides is 1. The number of pyridine rings is 1. The fraction of sp³-hybridized carbons (Fsp3) is 0.538. The van der Waals surface area contributed by atoms with E-state index >= 15 is 0 Å². The summed E-state index contributed by atoms with van der Waals surface area (Å²) in [6.45, 7) is 4.05. The molecule has 6 heteroatoms. The predicted molar refractivity (Wildman–Crippen MR) is 129 cm³/mol. The van der Waals surface area contributed by atoms with Crippen molar-refractivity contribution < 1.29 is 4.79 Å². The van der Waals surface area contributed by atoms with Gasteiger partial charge in [-0.3, -0.25) is 9.59 Å². The summed E-state index contributed by atoms with van der Waals surface area (Å²) >= 11 is 0. The number of aryl methyl sites for hydroxylation is 1. The second-order valence-electron chi connectivity index (χ2n) is 9.51. The largest absolute Gasteiger partial charge is 0.352 e. The molecule has 0 radical (unpaired) electrons. The van der Waals surface area contributed by atoms with Crippen LogP contribution >= 0.6 is 0 Å². The Morgan fingerprint density at radius 3 is 2.59 bits per heavy atom. The van der Waals surface area contributed by atoms with E-state index in [-0.39, 0.29) is 17.5 Å². The predicted octanol–water partition coefficient (Wildman–Crippen LogP) is 4.21. The molecule has 1 amide bonds. The zero-order valence-corrected chi connectivity index (χ0v) is 19.1. The number of hydrogen-bond donors (Lipinski definition) is 1. The summed E-state index contributed by atoms with van der Waals surface area (Å²) < 4.78 is 3.83. The van der Waals surface area contributed by atoms with E-state index in [0.29, 0.717) is 17.6 Å². The third-order valence-electron chi connectivity index (χ3n) is 7.43. The van der Waals surface area contributed by atoms with E-state index in [1.807, 2.05) is 46.6 Å². The van der Waals surface area contributed by atoms with E-state index < -0.39 is 0 Å². The number of carbonyl (C=O) groups is 1. The van der Waals surface area contributed by atoms with E-state index in [4.69, 9.17) is 0 Å². The Balaban J connectivity index is 1.52. The van der Waals surface area contributed by atoms with Crippen molar-refractivity contribution >= 4 is 27.7 Å². The highest BCUT2D eigenvalue weighted by Crippen LogP contribution is 2.32. The number of rotatable bonds is 6. The average Bonchev–Trinajstić information content (AvgIpc) is 3.45. The van der Waals surface area contributed by atoms with Crippen molar-refractivity contribution in [3.8, 4) is 0 Å². The lowest BCUT2D eigenvalue weighted by molar-refractivity contribution is 0.0952. The molecule has 32 heavy (non-hydrogen) atoms. The van der Waals surface area contributed by atoms with Gasteiger partial charge < -0.3 is 19.4 Å². The van der Waals surface area contributed by atoms with Crippen LogP contribution in [0.2, 0.25) is 0 Å². The zero-order chi connectivity index (χ0) is 22.1. The highest BCUT2D eigenvalue weighted by atomic mass is 16.2. The molecule has 170 valence electrons. The first kappa shape index (κ1) is 21.3. The van der Waals surface area contributed by atoms with E-state index in [1.54, 1.807) is 0 Å². The number of fused-ring (bicyclic) bond motifs is 3. The maximum atomic E-state index is 13.6. The monoisotopic (exact) mass is 434 g/mol. The molecular formula is C26H34N4O2. The first-order chi connectivity index (χ1) is 15.6. The highest BCUT2D eigenvalue weighted by molar-refractivity contribution is 6.17. The Kier molecular flexibility index (Phi) is 6.05. The molecule has 0 spiro atoms. The molecule has 2 aromatic heterocycles. The lowest BCUT2D eigenvalue weighted by Crippen LogP contribution is -2.32. The van der Waals surface area contributed by atoms with E-state index in [1.165, 1.54) is 32.4 Å². The third kappa shape index (κ3) is 3.85. The summed E-state index contributed by atoms with van der Waals surface area (Å²) in [5.74, 6) is -0.0719. The topological polar surface area (TPSA) is 59.3 Å². The van der Waals surface area contributed by atoms with E-state index in [0.717, 1.165) is 54.9 Å². The highest BCUT2D eigenvalue weighted by Gasteiger charge is 2.24. The smallest absolute Gasteiger partial charge is 0.275 e. The zero-order valence-electron chi connectivity index (χ0n) is 19.1. The summed E-state index contributed by atoms with van der Waals surface area (Å²) in [6.07, 6.45) is 10.9. The molecule has 1 aliphatic carbocycles. The number of benzene rings is 1. The number of nitrogens with one attached hydrogen (secondary N) is 1. The molecule has 2 fully saturated rings. The summed E-state index contributed by atoms with van der Waals surface area (Å²) in [5.41, 5.74) is 2.28. The second kappa shape index (κ2) is 9.10. The second-order valence-corrected chi connectivity index (χ2v) is 9.51. The van der Waals surface area contributed by atoms with Crippen LogP contribution in [0.3, 0.4) is 0 Å². The Hall–Kier alpha value is -2.60. The van der Waals surface area contributed by atoms with Crippen LogP contribution in [0, 0.1) is 0 Å². The van der Waals surface area contributed by atoms with Gasteiger partial charge in [0.05, 0.1) is 5.56 Å². The van der Waals surface area contributed by atoms with Crippen LogP contribution in [0.25, 0.3) is 21.8 Å². The van der Waals surface area contributed by atoms with E-state index in [9.17, 15) is 9.59 Å². The van der Waals surface area contributed by atoms with Crippen molar-refractivity contribution in [2.24, 2.45) is 7.05 Å². The standard InChI is InChI=1S/C26H34N4O2/c1-28-22-13-6-5-12-20(22)23-21(25(31)27-14-9-17-29-15-7-8-16-29)18-30(26(32)24(23)28)19-10-3-2-4-11-19/h5-6,12-13,18-19H,2-4,7-11,14-17H2,1H3,(H,27,31). The molecule has 3 aromatic rings. The minimum absolute atomic E-state index is 0.0242. The van der Waals surface area contributed by atoms with Gasteiger partial charge in [0.2, 0.25) is 0 Å². The molecule has 1 saturated heterocycles. The van der Waals surface area contributed by atoms with Crippen LogP contribution in [-0.2, 0) is 7.05 Å². The van der Waals surface area contributed by atoms with Crippen LogP contribution in [0.1, 0.15) is 67.8 Å². The first-order valence-corrected chi connectivity index (χ1v) is 12.3. The molecule has 1 N–H and O–H groups in total. The summed E-state index contributed by atoms with van der Waals surface area (Å²) in [7, 11) is 1.94. The van der Waals surface area contributed by atoms with Gasteiger partial charge in [-0.05, 0) is 57.8 Å². The fourth-order valence-electron chi connectivity index (χ4n) is 5.71. The lowest BCUT2D eigenvalue weighted by Gasteiger charge is -2.25. The van der Waals surface area contributed by atoms with Crippen LogP contribution in [0.15, 0.2) is 35.3 Å². The minimum atomic E-state index is -0.0719. The molecule has 0 bridgehead atoms. The average molecular weight is 435 g/mol. The van der Waals surface area contributed by atoms with Gasteiger partial charge in [0, 0.05) is 42.1 Å². The van der Waals surface area contributed by atoms with Crippen molar-refractivity contribution in [1.29, 1.82) is 0 Å². The molecule has 1 saturated carbocycles. The van der Waals surface area contributed by atoms with Gasteiger partial charge in [-0.2, -0.15) is 0 Å². The molecule has 5 rings (SSSR count). The number of nitrogens with zero attached hydrogens (tertiary/aromatic N) is 3. The number of aromatic nitrogens is 2. The fourth-order valence-corrected chi connectivity index (χ4v) is 5.71. The summed E-state index contributed by atoms with van der Waals surface area (Å²) in [4.78, 5) is 29.5. The first-order valence-electron chi connectivity index (χ1n) is 12.3. The van der Waals surface area contributed by atoms with Gasteiger partial charge in [0.25, 0.3) is 11.5 Å². The van der Waals surface area contributed by atoms with Crippen LogP contribution in [0.5, 0.6) is 0 Å². The quantitative estimate of drug-likeness (QED) is 0.591. The SMILES string of the molecule is Cn1c2ccccc2c2c(C(=O)NCCCN3CCCC3)cn(C3CCCCC3)c(=O)c21. The maximum Gasteiger partial charge on any atom is 0.275 e. The maximum absolute atomic E-state index is 13.6. The summed E-state index contributed by atoms with van der Waals surface area (Å²) in [6, 6.07) is 8.19.